The SMILES string of the molecule is COc1ccc(Nc2ccc(NC(=O)CCOc3ccccc3)nc2)cc1Cl. The summed E-state index contributed by atoms with van der Waals surface area (Å²) in [6.45, 7) is 0.299. The molecule has 1 aromatic heterocycles. The molecule has 0 spiro atoms. The van der Waals surface area contributed by atoms with Crippen LogP contribution in [0.25, 0.3) is 0 Å². The van der Waals surface area contributed by atoms with E-state index in [9.17, 15) is 4.79 Å². The first-order valence-corrected chi connectivity index (χ1v) is 9.06. The maximum Gasteiger partial charge on any atom is 0.228 e. The molecule has 3 aromatic rings. The number of nitrogens with one attached hydrogen (secondary N) is 2. The molecule has 144 valence electrons. The zero-order valence-corrected chi connectivity index (χ0v) is 16.1. The van der Waals surface area contributed by atoms with Crippen LogP contribution in [0.3, 0.4) is 0 Å². The maximum absolute atomic E-state index is 12.0. The summed E-state index contributed by atoms with van der Waals surface area (Å²) in [6, 6.07) is 18.3. The number of halogens is 1. The minimum Gasteiger partial charge on any atom is -0.495 e. The van der Waals surface area contributed by atoms with E-state index < -0.39 is 0 Å². The summed E-state index contributed by atoms with van der Waals surface area (Å²) in [5, 5.41) is 6.46. The largest absolute Gasteiger partial charge is 0.495 e. The van der Waals surface area contributed by atoms with Crippen LogP contribution in [0.2, 0.25) is 5.02 Å². The van der Waals surface area contributed by atoms with E-state index in [1.165, 1.54) is 0 Å². The van der Waals surface area contributed by atoms with Crippen LogP contribution in [0.1, 0.15) is 6.42 Å². The molecule has 0 radical (unpaired) electrons. The van der Waals surface area contributed by atoms with Gasteiger partial charge in [0.05, 0.1) is 37.0 Å². The predicted molar refractivity (Wildman–Crippen MR) is 111 cm³/mol. The van der Waals surface area contributed by atoms with Gasteiger partial charge in [-0.3, -0.25) is 4.79 Å². The summed E-state index contributed by atoms with van der Waals surface area (Å²) in [5.41, 5.74) is 1.58. The Morgan fingerprint density at radius 2 is 1.86 bits per heavy atom. The summed E-state index contributed by atoms with van der Waals surface area (Å²) in [4.78, 5) is 16.2. The fraction of sp³-hybridized carbons (Fsp3) is 0.143. The topological polar surface area (TPSA) is 72.5 Å². The molecule has 0 atom stereocenters. The van der Waals surface area contributed by atoms with Gasteiger partial charge in [-0.05, 0) is 42.5 Å². The molecule has 0 aliphatic rings. The van der Waals surface area contributed by atoms with Crippen LogP contribution in [0, 0.1) is 0 Å². The first-order chi connectivity index (χ1) is 13.6. The highest BCUT2D eigenvalue weighted by Gasteiger charge is 2.05. The lowest BCUT2D eigenvalue weighted by Gasteiger charge is -2.10. The van der Waals surface area contributed by atoms with E-state index in [0.29, 0.717) is 23.2 Å². The van der Waals surface area contributed by atoms with Crippen LogP contribution < -0.4 is 20.1 Å². The predicted octanol–water partition coefficient (Wildman–Crippen LogP) is 4.89. The molecule has 3 rings (SSSR count). The Morgan fingerprint density at radius 1 is 1.07 bits per heavy atom. The molecule has 0 aliphatic carbocycles. The molecule has 1 amide bonds. The number of hydrogen-bond acceptors (Lipinski definition) is 5. The zero-order valence-electron chi connectivity index (χ0n) is 15.3. The number of benzene rings is 2. The van der Waals surface area contributed by atoms with Crippen molar-refractivity contribution in [1.82, 2.24) is 4.98 Å². The Labute approximate surface area is 168 Å². The van der Waals surface area contributed by atoms with E-state index >= 15 is 0 Å². The molecule has 28 heavy (non-hydrogen) atoms. The van der Waals surface area contributed by atoms with Gasteiger partial charge in [-0.15, -0.1) is 0 Å². The number of pyridine rings is 1. The monoisotopic (exact) mass is 397 g/mol. The lowest BCUT2D eigenvalue weighted by atomic mass is 10.3. The first-order valence-electron chi connectivity index (χ1n) is 8.68. The van der Waals surface area contributed by atoms with Gasteiger partial charge in [-0.1, -0.05) is 29.8 Å². The second-order valence-corrected chi connectivity index (χ2v) is 6.27. The van der Waals surface area contributed by atoms with Crippen LogP contribution >= 0.6 is 11.6 Å². The van der Waals surface area contributed by atoms with E-state index in [2.05, 4.69) is 15.6 Å². The van der Waals surface area contributed by atoms with Crippen molar-refractivity contribution in [3.63, 3.8) is 0 Å². The van der Waals surface area contributed by atoms with Crippen molar-refractivity contribution in [1.29, 1.82) is 0 Å². The number of nitrogens with zero attached hydrogens (tertiary/aromatic N) is 1. The molecule has 0 saturated heterocycles. The highest BCUT2D eigenvalue weighted by atomic mass is 35.5. The Hall–Kier alpha value is -3.25. The molecule has 0 fully saturated rings. The molecule has 0 saturated carbocycles. The minimum absolute atomic E-state index is 0.161. The van der Waals surface area contributed by atoms with Gasteiger partial charge < -0.3 is 20.1 Å². The van der Waals surface area contributed by atoms with Crippen molar-refractivity contribution in [3.8, 4) is 11.5 Å². The molecule has 6 nitrogen and oxygen atoms in total. The molecule has 0 bridgehead atoms. The molecule has 7 heteroatoms. The van der Waals surface area contributed by atoms with Crippen molar-refractivity contribution in [2.75, 3.05) is 24.4 Å². The van der Waals surface area contributed by atoms with Crippen molar-refractivity contribution in [3.05, 3.63) is 71.9 Å². The molecule has 1 heterocycles. The van der Waals surface area contributed by atoms with E-state index in [0.717, 1.165) is 17.1 Å². The molecule has 2 aromatic carbocycles. The Morgan fingerprint density at radius 3 is 2.54 bits per heavy atom. The lowest BCUT2D eigenvalue weighted by molar-refractivity contribution is -0.116. The minimum atomic E-state index is -0.161. The summed E-state index contributed by atoms with van der Waals surface area (Å²) < 4.78 is 10.6. The van der Waals surface area contributed by atoms with Gasteiger partial charge in [0.25, 0.3) is 0 Å². The van der Waals surface area contributed by atoms with Crippen molar-refractivity contribution in [2.45, 2.75) is 6.42 Å². The van der Waals surface area contributed by atoms with Gasteiger partial charge >= 0.3 is 0 Å². The summed E-state index contributed by atoms with van der Waals surface area (Å²) in [7, 11) is 1.57. The van der Waals surface area contributed by atoms with E-state index in [4.69, 9.17) is 21.1 Å². The number of aromatic nitrogens is 1. The standard InChI is InChI=1S/C21H20ClN3O3/c1-27-19-9-7-15(13-18(19)22)24-16-8-10-20(23-14-16)25-21(26)11-12-28-17-5-3-2-4-6-17/h2-10,13-14,24H,11-12H2,1H3,(H,23,25,26). The van der Waals surface area contributed by atoms with Gasteiger partial charge in [-0.25, -0.2) is 4.98 Å². The quantitative estimate of drug-likeness (QED) is 0.566. The summed E-state index contributed by atoms with van der Waals surface area (Å²) in [6.07, 6.45) is 1.87. The lowest BCUT2D eigenvalue weighted by Crippen LogP contribution is -2.15. The van der Waals surface area contributed by atoms with E-state index in [1.807, 2.05) is 42.5 Å². The van der Waals surface area contributed by atoms with Gasteiger partial charge in [-0.2, -0.15) is 0 Å². The summed E-state index contributed by atoms with van der Waals surface area (Å²) >= 11 is 6.12. The number of rotatable bonds is 8. The summed E-state index contributed by atoms with van der Waals surface area (Å²) in [5.74, 6) is 1.66. The number of anilines is 3. The van der Waals surface area contributed by atoms with Crippen LogP contribution in [0.5, 0.6) is 11.5 Å². The Kier molecular flexibility index (Phi) is 6.70. The number of hydrogen-bond donors (Lipinski definition) is 2. The third-order valence-corrected chi connectivity index (χ3v) is 4.11. The fourth-order valence-corrected chi connectivity index (χ4v) is 2.69. The zero-order chi connectivity index (χ0) is 19.8. The number of carbonyl (C=O) groups is 1. The molecule has 2 N–H and O–H groups in total. The van der Waals surface area contributed by atoms with Crippen LogP contribution in [-0.4, -0.2) is 24.6 Å². The number of para-hydroxylation sites is 1. The van der Waals surface area contributed by atoms with E-state index in [1.54, 1.807) is 31.5 Å². The number of amides is 1. The Bertz CT molecular complexity index is 918. The average Bonchev–Trinajstić information content (AvgIpc) is 2.70. The Balaban J connectivity index is 1.48. The smallest absolute Gasteiger partial charge is 0.228 e. The average molecular weight is 398 g/mol. The van der Waals surface area contributed by atoms with Gasteiger partial charge in [0.15, 0.2) is 0 Å². The molecular weight excluding hydrogens is 378 g/mol. The first kappa shape index (κ1) is 19.5. The third-order valence-electron chi connectivity index (χ3n) is 3.81. The number of ether oxygens (including phenoxy) is 2. The highest BCUT2D eigenvalue weighted by molar-refractivity contribution is 6.32. The second-order valence-electron chi connectivity index (χ2n) is 5.87. The van der Waals surface area contributed by atoms with Gasteiger partial charge in [0, 0.05) is 5.69 Å². The van der Waals surface area contributed by atoms with Gasteiger partial charge in [0.1, 0.15) is 17.3 Å². The second kappa shape index (κ2) is 9.62. The molecule has 0 aliphatic heterocycles. The number of methoxy groups -OCH3 is 1. The third kappa shape index (κ3) is 5.62. The van der Waals surface area contributed by atoms with E-state index in [-0.39, 0.29) is 12.3 Å². The highest BCUT2D eigenvalue weighted by Crippen LogP contribution is 2.28. The van der Waals surface area contributed by atoms with Gasteiger partial charge in [0.2, 0.25) is 5.91 Å². The normalized spacial score (nSPS) is 10.2. The maximum atomic E-state index is 12.0. The van der Waals surface area contributed by atoms with Crippen LogP contribution in [0.15, 0.2) is 66.9 Å². The van der Waals surface area contributed by atoms with Crippen molar-refractivity contribution in [2.24, 2.45) is 0 Å². The van der Waals surface area contributed by atoms with Crippen molar-refractivity contribution < 1.29 is 14.3 Å². The fourth-order valence-electron chi connectivity index (χ4n) is 2.44. The molecule has 0 unspecified atom stereocenters. The number of carbonyl (C=O) groups excluding carboxylic acids is 1. The van der Waals surface area contributed by atoms with Crippen LogP contribution in [-0.2, 0) is 4.79 Å². The molecular formula is C21H20ClN3O3. The van der Waals surface area contributed by atoms with Crippen molar-refractivity contribution >= 4 is 34.7 Å². The van der Waals surface area contributed by atoms with Crippen LogP contribution in [0.4, 0.5) is 17.2 Å².